The summed E-state index contributed by atoms with van der Waals surface area (Å²) in [6.45, 7) is 0. The molecule has 4 rings (SSSR count). The lowest BCUT2D eigenvalue weighted by molar-refractivity contribution is 0.577. The summed E-state index contributed by atoms with van der Waals surface area (Å²) in [6.07, 6.45) is 5.70. The van der Waals surface area contributed by atoms with Gasteiger partial charge in [-0.1, -0.05) is 0 Å². The maximum absolute atomic E-state index is 13.8. The minimum absolute atomic E-state index is 0.179. The van der Waals surface area contributed by atoms with Crippen molar-refractivity contribution in [2.24, 2.45) is 5.84 Å². The molecular weight excluding hydrogens is 293 g/mol. The van der Waals surface area contributed by atoms with E-state index >= 15 is 0 Å². The van der Waals surface area contributed by atoms with Gasteiger partial charge in [-0.3, -0.25) is 5.43 Å². The van der Waals surface area contributed by atoms with Crippen LogP contribution >= 0.6 is 11.8 Å². The number of nitrogens with zero attached hydrogens (tertiary/aromatic N) is 5. The number of nitrogen functional groups attached to an aromatic ring is 1. The number of rotatable bonds is 5. The van der Waals surface area contributed by atoms with Gasteiger partial charge in [0, 0.05) is 12.0 Å². The zero-order valence-corrected chi connectivity index (χ0v) is 12.0. The van der Waals surface area contributed by atoms with Gasteiger partial charge in [0.05, 0.1) is 6.20 Å². The first-order valence-electron chi connectivity index (χ1n) is 6.88. The van der Waals surface area contributed by atoms with Crippen molar-refractivity contribution >= 4 is 17.7 Å². The van der Waals surface area contributed by atoms with Crippen LogP contribution in [0.15, 0.2) is 16.4 Å². The second kappa shape index (κ2) is 4.92. The third-order valence-corrected chi connectivity index (χ3v) is 4.51. The molecule has 3 N–H and O–H groups in total. The Balaban J connectivity index is 1.68. The molecule has 2 aromatic rings. The maximum atomic E-state index is 13.8. The van der Waals surface area contributed by atoms with Crippen molar-refractivity contribution in [3.05, 3.63) is 17.8 Å². The molecule has 21 heavy (non-hydrogen) atoms. The Bertz CT molecular complexity index is 680. The summed E-state index contributed by atoms with van der Waals surface area (Å²) in [4.78, 5) is 7.77. The average molecular weight is 307 g/mol. The first kappa shape index (κ1) is 13.0. The Kier molecular flexibility index (Phi) is 3.03. The molecule has 0 unspecified atom stereocenters. The van der Waals surface area contributed by atoms with Gasteiger partial charge < -0.3 is 4.57 Å². The minimum atomic E-state index is -0.489. The van der Waals surface area contributed by atoms with E-state index in [9.17, 15) is 4.39 Å². The van der Waals surface area contributed by atoms with E-state index in [0.29, 0.717) is 17.1 Å². The van der Waals surface area contributed by atoms with Crippen LogP contribution in [0.3, 0.4) is 0 Å². The van der Waals surface area contributed by atoms with E-state index in [0.717, 1.165) is 24.9 Å². The Hall–Kier alpha value is -1.74. The van der Waals surface area contributed by atoms with Gasteiger partial charge in [-0.25, -0.2) is 20.2 Å². The molecular formula is C12H14FN7S. The molecule has 0 saturated heterocycles. The maximum Gasteiger partial charge on any atom is 0.238 e. The van der Waals surface area contributed by atoms with Crippen LogP contribution in [-0.2, 0) is 0 Å². The Morgan fingerprint density at radius 1 is 1.29 bits per heavy atom. The van der Waals surface area contributed by atoms with Gasteiger partial charge in [-0.2, -0.15) is 0 Å². The quantitative estimate of drug-likeness (QED) is 0.494. The SMILES string of the molecule is NNc1ncc(F)c(Sc2nnc(C3CC3)n2C2CC2)n1. The number of hydrazine groups is 1. The van der Waals surface area contributed by atoms with Gasteiger partial charge in [0.1, 0.15) is 10.9 Å². The second-order valence-corrected chi connectivity index (χ2v) is 6.27. The standard InChI is InChI=1S/C12H14FN7S/c13-8-5-15-11(17-14)16-10(8)21-12-19-18-9(6-1-2-6)20(12)7-3-4-7/h5-7H,1-4,14H2,(H,15,16,17). The molecule has 9 heteroatoms. The van der Waals surface area contributed by atoms with Crippen molar-refractivity contribution in [1.29, 1.82) is 0 Å². The third-order valence-electron chi connectivity index (χ3n) is 3.57. The highest BCUT2D eigenvalue weighted by Gasteiger charge is 2.36. The van der Waals surface area contributed by atoms with Crippen LogP contribution in [0.25, 0.3) is 0 Å². The number of halogens is 1. The Morgan fingerprint density at radius 2 is 2.10 bits per heavy atom. The van der Waals surface area contributed by atoms with Crippen LogP contribution in [0.5, 0.6) is 0 Å². The number of nitrogens with two attached hydrogens (primary N) is 1. The van der Waals surface area contributed by atoms with Crippen molar-refractivity contribution in [3.63, 3.8) is 0 Å². The highest BCUT2D eigenvalue weighted by Crippen LogP contribution is 2.46. The van der Waals surface area contributed by atoms with Crippen LogP contribution in [0.2, 0.25) is 0 Å². The fraction of sp³-hybridized carbons (Fsp3) is 0.500. The van der Waals surface area contributed by atoms with Crippen LogP contribution in [0.4, 0.5) is 10.3 Å². The lowest BCUT2D eigenvalue weighted by Crippen LogP contribution is -2.11. The van der Waals surface area contributed by atoms with Crippen molar-refractivity contribution in [1.82, 2.24) is 24.7 Å². The number of anilines is 1. The third kappa shape index (κ3) is 2.46. The van der Waals surface area contributed by atoms with Gasteiger partial charge in [0.25, 0.3) is 0 Å². The largest absolute Gasteiger partial charge is 0.302 e. The van der Waals surface area contributed by atoms with Crippen LogP contribution in [0, 0.1) is 5.82 Å². The molecule has 0 radical (unpaired) electrons. The minimum Gasteiger partial charge on any atom is -0.302 e. The number of aromatic nitrogens is 5. The van der Waals surface area contributed by atoms with E-state index in [4.69, 9.17) is 5.84 Å². The Morgan fingerprint density at radius 3 is 2.76 bits per heavy atom. The first-order chi connectivity index (χ1) is 10.3. The monoisotopic (exact) mass is 307 g/mol. The van der Waals surface area contributed by atoms with Crippen molar-refractivity contribution in [2.75, 3.05) is 5.43 Å². The topological polar surface area (TPSA) is 94.5 Å². The van der Waals surface area contributed by atoms with E-state index in [1.165, 1.54) is 24.6 Å². The molecule has 0 amide bonds. The molecule has 0 spiro atoms. The van der Waals surface area contributed by atoms with E-state index < -0.39 is 5.82 Å². The molecule has 0 atom stereocenters. The molecule has 2 saturated carbocycles. The zero-order valence-electron chi connectivity index (χ0n) is 11.2. The van der Waals surface area contributed by atoms with Gasteiger partial charge in [-0.15, -0.1) is 10.2 Å². The molecule has 0 bridgehead atoms. The second-order valence-electron chi connectivity index (χ2n) is 5.31. The Labute approximate surface area is 124 Å². The predicted octanol–water partition coefficient (Wildman–Crippen LogP) is 1.86. The molecule has 2 aliphatic carbocycles. The van der Waals surface area contributed by atoms with Gasteiger partial charge in [0.2, 0.25) is 5.95 Å². The fourth-order valence-corrected chi connectivity index (χ4v) is 3.11. The highest BCUT2D eigenvalue weighted by molar-refractivity contribution is 7.99. The van der Waals surface area contributed by atoms with E-state index in [1.54, 1.807) is 0 Å². The summed E-state index contributed by atoms with van der Waals surface area (Å²) in [6, 6.07) is 0.454. The predicted molar refractivity (Wildman–Crippen MR) is 74.2 cm³/mol. The molecule has 0 aromatic carbocycles. The molecule has 2 aliphatic rings. The van der Waals surface area contributed by atoms with Crippen molar-refractivity contribution in [3.8, 4) is 0 Å². The highest BCUT2D eigenvalue weighted by atomic mass is 32.2. The smallest absolute Gasteiger partial charge is 0.238 e. The van der Waals surface area contributed by atoms with E-state index in [1.807, 2.05) is 0 Å². The fourth-order valence-electron chi connectivity index (χ4n) is 2.23. The zero-order chi connectivity index (χ0) is 14.4. The van der Waals surface area contributed by atoms with Crippen LogP contribution in [0.1, 0.15) is 43.5 Å². The van der Waals surface area contributed by atoms with Crippen molar-refractivity contribution < 1.29 is 4.39 Å². The lowest BCUT2D eigenvalue weighted by Gasteiger charge is -2.08. The van der Waals surface area contributed by atoms with E-state index in [2.05, 4.69) is 30.2 Å². The number of hydrogen-bond donors (Lipinski definition) is 2. The molecule has 2 fully saturated rings. The van der Waals surface area contributed by atoms with E-state index in [-0.39, 0.29) is 11.0 Å². The summed E-state index contributed by atoms with van der Waals surface area (Å²) in [7, 11) is 0. The summed E-state index contributed by atoms with van der Waals surface area (Å²) < 4.78 is 16.0. The average Bonchev–Trinajstić information content (AvgIpc) is 3.40. The first-order valence-corrected chi connectivity index (χ1v) is 7.69. The van der Waals surface area contributed by atoms with Crippen LogP contribution < -0.4 is 11.3 Å². The summed E-state index contributed by atoms with van der Waals surface area (Å²) in [5, 5.41) is 9.42. The molecule has 7 nitrogen and oxygen atoms in total. The molecule has 2 heterocycles. The van der Waals surface area contributed by atoms with Gasteiger partial charge in [-0.05, 0) is 37.4 Å². The van der Waals surface area contributed by atoms with Gasteiger partial charge >= 0.3 is 0 Å². The molecule has 2 aromatic heterocycles. The lowest BCUT2D eigenvalue weighted by atomic mass is 10.4. The summed E-state index contributed by atoms with van der Waals surface area (Å²) in [5.41, 5.74) is 2.32. The number of nitrogens with one attached hydrogen (secondary N) is 1. The normalized spacial score (nSPS) is 18.0. The summed E-state index contributed by atoms with van der Waals surface area (Å²) in [5.74, 6) is 6.50. The molecule has 0 aliphatic heterocycles. The van der Waals surface area contributed by atoms with Crippen molar-refractivity contribution in [2.45, 2.75) is 47.8 Å². The van der Waals surface area contributed by atoms with Gasteiger partial charge in [0.15, 0.2) is 11.0 Å². The summed E-state index contributed by atoms with van der Waals surface area (Å²) >= 11 is 1.17. The van der Waals surface area contributed by atoms with Crippen LogP contribution in [-0.4, -0.2) is 24.7 Å². The number of hydrogen-bond acceptors (Lipinski definition) is 7. The molecule has 110 valence electrons.